The fourth-order valence-electron chi connectivity index (χ4n) is 2.35. The zero-order valence-electron chi connectivity index (χ0n) is 15.2. The van der Waals surface area contributed by atoms with Crippen molar-refractivity contribution in [1.29, 1.82) is 0 Å². The Morgan fingerprint density at radius 3 is 2.79 bits per heavy atom. The van der Waals surface area contributed by atoms with Gasteiger partial charge in [0.1, 0.15) is 0 Å². The smallest absolute Gasteiger partial charge is 0.270 e. The second-order valence-corrected chi connectivity index (χ2v) is 7.66. The number of carbonyl (C=O) groups excluding carboxylic acids is 1. The van der Waals surface area contributed by atoms with Crippen LogP contribution in [0.5, 0.6) is 0 Å². The first kappa shape index (κ1) is 20.7. The summed E-state index contributed by atoms with van der Waals surface area (Å²) in [7, 11) is 1.83. The third kappa shape index (κ3) is 5.48. The van der Waals surface area contributed by atoms with Crippen molar-refractivity contribution in [1.82, 2.24) is 20.2 Å². The molecule has 0 saturated heterocycles. The summed E-state index contributed by atoms with van der Waals surface area (Å²) in [5.41, 5.74) is 3.78. The van der Waals surface area contributed by atoms with Gasteiger partial charge >= 0.3 is 0 Å². The minimum atomic E-state index is -0.490. The van der Waals surface area contributed by atoms with Gasteiger partial charge in [0.25, 0.3) is 11.6 Å². The minimum absolute atomic E-state index is 0.0420. The maximum absolute atomic E-state index is 12.0. The van der Waals surface area contributed by atoms with Gasteiger partial charge in [-0.1, -0.05) is 52.0 Å². The molecular formula is C18H15BrN6O3S. The van der Waals surface area contributed by atoms with E-state index in [9.17, 15) is 14.9 Å². The highest BCUT2D eigenvalue weighted by Crippen LogP contribution is 2.23. The molecule has 9 nitrogen and oxygen atoms in total. The summed E-state index contributed by atoms with van der Waals surface area (Å²) in [5, 5.41) is 23.5. The van der Waals surface area contributed by atoms with Crippen molar-refractivity contribution in [2.24, 2.45) is 12.1 Å². The fraction of sp³-hybridized carbons (Fsp3) is 0.111. The Hall–Kier alpha value is -3.05. The molecule has 0 aliphatic heterocycles. The highest BCUT2D eigenvalue weighted by Gasteiger charge is 2.12. The number of hydrazone groups is 1. The van der Waals surface area contributed by atoms with Crippen LogP contribution in [0.4, 0.5) is 5.69 Å². The second-order valence-electron chi connectivity index (χ2n) is 5.81. The quantitative estimate of drug-likeness (QED) is 0.243. The number of hydrogen-bond donors (Lipinski definition) is 1. The van der Waals surface area contributed by atoms with E-state index in [4.69, 9.17) is 0 Å². The number of thioether (sulfide) groups is 1. The zero-order valence-corrected chi connectivity index (χ0v) is 17.6. The van der Waals surface area contributed by atoms with Gasteiger partial charge in [-0.2, -0.15) is 5.10 Å². The zero-order chi connectivity index (χ0) is 20.8. The summed E-state index contributed by atoms with van der Waals surface area (Å²) in [5.74, 6) is 0.465. The molecule has 29 heavy (non-hydrogen) atoms. The van der Waals surface area contributed by atoms with Crippen LogP contribution in [-0.2, 0) is 11.8 Å². The minimum Gasteiger partial charge on any atom is -0.305 e. The molecule has 0 unspecified atom stereocenters. The maximum Gasteiger partial charge on any atom is 0.270 e. The lowest BCUT2D eigenvalue weighted by Gasteiger charge is -2.04. The number of benzene rings is 2. The van der Waals surface area contributed by atoms with Crippen molar-refractivity contribution >= 4 is 45.5 Å². The number of nitrogens with one attached hydrogen (secondary N) is 1. The first-order valence-electron chi connectivity index (χ1n) is 8.28. The van der Waals surface area contributed by atoms with E-state index in [0.717, 1.165) is 10.0 Å². The molecule has 1 amide bonds. The van der Waals surface area contributed by atoms with Crippen LogP contribution >= 0.6 is 27.7 Å². The SMILES string of the molecule is Cn1c(SCC(=O)N/N=C\c2cccc([N+](=O)[O-])c2)nnc1-c1ccc(Br)cc1. The van der Waals surface area contributed by atoms with E-state index in [1.807, 2.05) is 35.9 Å². The number of hydrogen-bond acceptors (Lipinski definition) is 7. The molecule has 0 bridgehead atoms. The summed E-state index contributed by atoms with van der Waals surface area (Å²) in [6.07, 6.45) is 1.35. The average Bonchev–Trinajstić information content (AvgIpc) is 3.07. The lowest BCUT2D eigenvalue weighted by molar-refractivity contribution is -0.384. The molecule has 0 aliphatic carbocycles. The highest BCUT2D eigenvalue weighted by atomic mass is 79.9. The largest absolute Gasteiger partial charge is 0.305 e. The van der Waals surface area contributed by atoms with Crippen molar-refractivity contribution in [3.05, 3.63) is 68.7 Å². The Labute approximate surface area is 178 Å². The number of nitrogens with zero attached hydrogens (tertiary/aromatic N) is 5. The van der Waals surface area contributed by atoms with Crippen molar-refractivity contribution in [2.75, 3.05) is 5.75 Å². The molecule has 0 atom stereocenters. The molecular weight excluding hydrogens is 460 g/mol. The number of amides is 1. The number of non-ortho nitro benzene ring substituents is 1. The summed E-state index contributed by atoms with van der Waals surface area (Å²) in [6.45, 7) is 0. The predicted octanol–water partition coefficient (Wildman–Crippen LogP) is 3.40. The highest BCUT2D eigenvalue weighted by molar-refractivity contribution is 9.10. The molecule has 1 heterocycles. The van der Waals surface area contributed by atoms with E-state index in [-0.39, 0.29) is 17.3 Å². The molecule has 1 N–H and O–H groups in total. The number of rotatable bonds is 7. The van der Waals surface area contributed by atoms with Gasteiger partial charge in [0, 0.05) is 34.8 Å². The molecule has 148 valence electrons. The molecule has 11 heteroatoms. The molecule has 3 rings (SSSR count). The molecule has 0 saturated carbocycles. The van der Waals surface area contributed by atoms with Crippen LogP contribution in [0.1, 0.15) is 5.56 Å². The standard InChI is InChI=1S/C18H15BrN6O3S/c1-24-17(13-5-7-14(19)8-6-13)22-23-18(24)29-11-16(26)21-20-10-12-3-2-4-15(9-12)25(27)28/h2-10H,11H2,1H3,(H,21,26)/b20-10-. The summed E-state index contributed by atoms with van der Waals surface area (Å²) >= 11 is 4.63. The van der Waals surface area contributed by atoms with Gasteiger partial charge in [0.2, 0.25) is 0 Å². The number of aromatic nitrogens is 3. The van der Waals surface area contributed by atoms with Crippen molar-refractivity contribution in [2.45, 2.75) is 5.16 Å². The second kappa shape index (κ2) is 9.43. The van der Waals surface area contributed by atoms with Crippen molar-refractivity contribution in [3.8, 4) is 11.4 Å². The van der Waals surface area contributed by atoms with E-state index in [0.29, 0.717) is 16.5 Å². The van der Waals surface area contributed by atoms with Gasteiger partial charge < -0.3 is 4.57 Å². The van der Waals surface area contributed by atoms with Gasteiger partial charge in [0.05, 0.1) is 16.9 Å². The summed E-state index contributed by atoms with van der Waals surface area (Å²) in [6, 6.07) is 13.7. The predicted molar refractivity (Wildman–Crippen MR) is 114 cm³/mol. The topological polar surface area (TPSA) is 115 Å². The Morgan fingerprint density at radius 1 is 1.31 bits per heavy atom. The molecule has 2 aromatic carbocycles. The van der Waals surface area contributed by atoms with Gasteiger partial charge in [-0.15, -0.1) is 10.2 Å². The van der Waals surface area contributed by atoms with Gasteiger partial charge in [-0.05, 0) is 12.1 Å². The fourth-order valence-corrected chi connectivity index (χ4v) is 3.32. The Kier molecular flexibility index (Phi) is 6.73. The third-order valence-electron chi connectivity index (χ3n) is 3.75. The van der Waals surface area contributed by atoms with Gasteiger partial charge in [0.15, 0.2) is 11.0 Å². The monoisotopic (exact) mass is 474 g/mol. The van der Waals surface area contributed by atoms with Crippen LogP contribution < -0.4 is 5.43 Å². The number of nitro benzene ring substituents is 1. The third-order valence-corrected chi connectivity index (χ3v) is 5.30. The normalized spacial score (nSPS) is 11.0. The molecule has 0 spiro atoms. The van der Waals surface area contributed by atoms with Gasteiger partial charge in [-0.3, -0.25) is 14.9 Å². The maximum atomic E-state index is 12.0. The first-order chi connectivity index (χ1) is 13.9. The molecule has 0 radical (unpaired) electrons. The Balaban J connectivity index is 1.55. The van der Waals surface area contributed by atoms with Crippen LogP contribution in [0.25, 0.3) is 11.4 Å². The first-order valence-corrected chi connectivity index (χ1v) is 10.1. The van der Waals surface area contributed by atoms with E-state index in [2.05, 4.69) is 36.7 Å². The molecule has 0 fully saturated rings. The summed E-state index contributed by atoms with van der Waals surface area (Å²) in [4.78, 5) is 22.3. The van der Waals surface area contributed by atoms with Crippen LogP contribution in [0, 0.1) is 10.1 Å². The van der Waals surface area contributed by atoms with Crippen molar-refractivity contribution < 1.29 is 9.72 Å². The number of carbonyl (C=O) groups is 1. The molecule has 0 aliphatic rings. The lowest BCUT2D eigenvalue weighted by Crippen LogP contribution is -2.19. The van der Waals surface area contributed by atoms with Crippen molar-refractivity contribution in [3.63, 3.8) is 0 Å². The Morgan fingerprint density at radius 2 is 2.07 bits per heavy atom. The Bertz CT molecular complexity index is 1070. The van der Waals surface area contributed by atoms with E-state index < -0.39 is 4.92 Å². The summed E-state index contributed by atoms with van der Waals surface area (Å²) < 4.78 is 2.79. The lowest BCUT2D eigenvalue weighted by atomic mass is 10.2. The van der Waals surface area contributed by atoms with Gasteiger partial charge in [-0.25, -0.2) is 5.43 Å². The van der Waals surface area contributed by atoms with Crippen LogP contribution in [0.3, 0.4) is 0 Å². The molecule has 3 aromatic rings. The number of nitro groups is 1. The van der Waals surface area contributed by atoms with Crippen LogP contribution in [0.15, 0.2) is 63.3 Å². The van der Waals surface area contributed by atoms with E-state index in [1.54, 1.807) is 12.1 Å². The van der Waals surface area contributed by atoms with Crippen LogP contribution in [0.2, 0.25) is 0 Å². The average molecular weight is 475 g/mol. The van der Waals surface area contributed by atoms with E-state index in [1.165, 1.54) is 30.1 Å². The van der Waals surface area contributed by atoms with E-state index >= 15 is 0 Å². The number of halogens is 1. The molecule has 1 aromatic heterocycles. The van der Waals surface area contributed by atoms with Crippen LogP contribution in [-0.4, -0.2) is 37.6 Å².